The Bertz CT molecular complexity index is 849. The van der Waals surface area contributed by atoms with Crippen LogP contribution in [0.5, 0.6) is 5.75 Å². The van der Waals surface area contributed by atoms with E-state index in [0.717, 1.165) is 0 Å². The predicted molar refractivity (Wildman–Crippen MR) is 103 cm³/mol. The molecule has 1 aromatic carbocycles. The van der Waals surface area contributed by atoms with Crippen LogP contribution in [0.1, 0.15) is 10.4 Å². The minimum absolute atomic E-state index is 0.0126. The number of morpholine rings is 1. The first-order valence-electron chi connectivity index (χ1n) is 8.37. The molecule has 1 aromatic heterocycles. The summed E-state index contributed by atoms with van der Waals surface area (Å²) in [5.41, 5.74) is 5.77. The van der Waals surface area contributed by atoms with Gasteiger partial charge in [-0.25, -0.2) is 9.37 Å². The van der Waals surface area contributed by atoms with Gasteiger partial charge in [0.15, 0.2) is 11.6 Å². The fourth-order valence-electron chi connectivity index (χ4n) is 2.65. The molecule has 1 aliphatic heterocycles. The van der Waals surface area contributed by atoms with Gasteiger partial charge in [0, 0.05) is 13.1 Å². The number of carbonyl (C=O) groups is 1. The van der Waals surface area contributed by atoms with Crippen LogP contribution in [0.2, 0.25) is 11.8 Å². The highest BCUT2D eigenvalue weighted by atomic mass is 35.5. The van der Waals surface area contributed by atoms with E-state index < -0.39 is 11.7 Å². The molecule has 2 heterocycles. The van der Waals surface area contributed by atoms with Gasteiger partial charge in [-0.05, 0) is 18.2 Å². The van der Waals surface area contributed by atoms with Crippen LogP contribution in [-0.2, 0) is 4.74 Å². The molecule has 1 radical (unpaired) electrons. The zero-order valence-electron chi connectivity index (χ0n) is 14.6. The number of anilines is 2. The van der Waals surface area contributed by atoms with Crippen LogP contribution in [0.25, 0.3) is 0 Å². The number of halogens is 2. The van der Waals surface area contributed by atoms with Crippen molar-refractivity contribution in [2.45, 2.75) is 6.82 Å². The maximum atomic E-state index is 14.1. The van der Waals surface area contributed by atoms with Gasteiger partial charge in [0.05, 0.1) is 23.8 Å². The van der Waals surface area contributed by atoms with Crippen molar-refractivity contribution >= 4 is 41.9 Å². The van der Waals surface area contributed by atoms with Crippen molar-refractivity contribution in [1.29, 1.82) is 0 Å². The summed E-state index contributed by atoms with van der Waals surface area (Å²) in [4.78, 5) is 18.4. The maximum absolute atomic E-state index is 14.1. The monoisotopic (exact) mass is 391 g/mol. The molecule has 3 N–H and O–H groups in total. The molecule has 141 valence electrons. The fraction of sp³-hybridized carbons (Fsp3) is 0.294. The number of phenols is 1. The van der Waals surface area contributed by atoms with Crippen molar-refractivity contribution in [3.05, 3.63) is 40.7 Å². The number of hydrogen-bond acceptors (Lipinski definition) is 6. The number of carbonyl (C=O) groups excluding carboxylic acids is 1. The van der Waals surface area contributed by atoms with Gasteiger partial charge in [0.1, 0.15) is 18.8 Å². The molecule has 7 nitrogen and oxygen atoms in total. The van der Waals surface area contributed by atoms with Gasteiger partial charge in [0.2, 0.25) is 0 Å². The Hall–Kier alpha value is -2.52. The third-order valence-electron chi connectivity index (χ3n) is 4.11. The number of pyridine rings is 1. The first-order valence-corrected chi connectivity index (χ1v) is 8.75. The number of amides is 1. The highest BCUT2D eigenvalue weighted by Gasteiger charge is 2.18. The molecule has 1 aliphatic rings. The summed E-state index contributed by atoms with van der Waals surface area (Å²) in [5.74, 6) is -0.926. The lowest BCUT2D eigenvalue weighted by Crippen LogP contribution is -2.37. The third-order valence-corrected chi connectivity index (χ3v) is 4.39. The standard InChI is InChI=1S/C17H18BClFN4O3/c1-18-10-8-11(15(25)12(19)9-10)17(26)23-22-14-3-2-13(20)16(21-14)24-4-6-27-7-5-24/h2-3,8-9,25H,4-7H2,1H3,(H,21,22)(H,23,26). The molecule has 10 heteroatoms. The number of hydrazine groups is 1. The zero-order chi connectivity index (χ0) is 19.4. The summed E-state index contributed by atoms with van der Waals surface area (Å²) in [6.45, 7) is 3.86. The molecule has 2 aromatic rings. The molecular weight excluding hydrogens is 373 g/mol. The van der Waals surface area contributed by atoms with Crippen molar-refractivity contribution < 1.29 is 19.0 Å². The van der Waals surface area contributed by atoms with Crippen molar-refractivity contribution in [1.82, 2.24) is 10.4 Å². The molecule has 0 saturated carbocycles. The Morgan fingerprint density at radius 2 is 2.11 bits per heavy atom. The first kappa shape index (κ1) is 19.3. The van der Waals surface area contributed by atoms with E-state index in [2.05, 4.69) is 15.8 Å². The van der Waals surface area contributed by atoms with Crippen molar-refractivity contribution in [3.8, 4) is 5.75 Å². The number of benzene rings is 1. The van der Waals surface area contributed by atoms with Crippen molar-refractivity contribution in [3.63, 3.8) is 0 Å². The molecule has 0 aliphatic carbocycles. The summed E-state index contributed by atoms with van der Waals surface area (Å²) >= 11 is 5.94. The molecule has 0 unspecified atom stereocenters. The smallest absolute Gasteiger partial charge is 0.273 e. The lowest BCUT2D eigenvalue weighted by molar-refractivity contribution is 0.0960. The van der Waals surface area contributed by atoms with Crippen molar-refractivity contribution in [2.24, 2.45) is 0 Å². The second kappa shape index (κ2) is 8.45. The minimum atomic E-state index is -0.600. The van der Waals surface area contributed by atoms with Crippen LogP contribution in [0.3, 0.4) is 0 Å². The van der Waals surface area contributed by atoms with Gasteiger partial charge in [-0.3, -0.25) is 15.6 Å². The van der Waals surface area contributed by atoms with E-state index in [1.165, 1.54) is 18.2 Å². The van der Waals surface area contributed by atoms with Crippen LogP contribution in [0.4, 0.5) is 16.0 Å². The lowest BCUT2D eigenvalue weighted by Gasteiger charge is -2.28. The van der Waals surface area contributed by atoms with E-state index >= 15 is 0 Å². The fourth-order valence-corrected chi connectivity index (χ4v) is 2.87. The third kappa shape index (κ3) is 4.43. The normalized spacial score (nSPS) is 14.0. The van der Waals surface area contributed by atoms with Gasteiger partial charge in [0.25, 0.3) is 5.91 Å². The molecule has 1 saturated heterocycles. The van der Waals surface area contributed by atoms with E-state index in [1.54, 1.807) is 25.1 Å². The number of hydrogen-bond donors (Lipinski definition) is 3. The molecule has 0 spiro atoms. The SMILES string of the molecule is C[B]c1cc(Cl)c(O)c(C(=O)NNc2ccc(F)c(N3CCOCC3)n2)c1. The zero-order valence-corrected chi connectivity index (χ0v) is 15.4. The average molecular weight is 392 g/mol. The summed E-state index contributed by atoms with van der Waals surface area (Å²) in [6, 6.07) is 5.74. The number of rotatable bonds is 5. The highest BCUT2D eigenvalue weighted by molar-refractivity contribution is 6.52. The van der Waals surface area contributed by atoms with Crippen LogP contribution in [0.15, 0.2) is 24.3 Å². The molecule has 1 fully saturated rings. The van der Waals surface area contributed by atoms with E-state index in [1.807, 2.05) is 0 Å². The number of aromatic nitrogens is 1. The maximum Gasteiger partial charge on any atom is 0.273 e. The number of aromatic hydroxyl groups is 1. The van der Waals surface area contributed by atoms with Crippen LogP contribution in [0, 0.1) is 5.82 Å². The van der Waals surface area contributed by atoms with E-state index in [-0.39, 0.29) is 28.0 Å². The van der Waals surface area contributed by atoms with Crippen LogP contribution < -0.4 is 21.2 Å². The van der Waals surface area contributed by atoms with Gasteiger partial charge < -0.3 is 14.7 Å². The molecule has 0 atom stereocenters. The lowest BCUT2D eigenvalue weighted by atomic mass is 9.73. The molecular formula is C17H18BClFN4O3. The van der Waals surface area contributed by atoms with Gasteiger partial charge >= 0.3 is 0 Å². The summed E-state index contributed by atoms with van der Waals surface area (Å²) in [7, 11) is 1.76. The molecule has 27 heavy (non-hydrogen) atoms. The number of nitrogens with one attached hydrogen (secondary N) is 2. The minimum Gasteiger partial charge on any atom is -0.506 e. The average Bonchev–Trinajstić information content (AvgIpc) is 2.69. The second-order valence-electron chi connectivity index (χ2n) is 5.87. The van der Waals surface area contributed by atoms with Gasteiger partial charge in [-0.2, -0.15) is 0 Å². The molecule has 3 rings (SSSR count). The molecule has 0 bridgehead atoms. The summed E-state index contributed by atoms with van der Waals surface area (Å²) < 4.78 is 19.3. The largest absolute Gasteiger partial charge is 0.506 e. The first-order chi connectivity index (χ1) is 13.0. The quantitative estimate of drug-likeness (QED) is 0.530. The van der Waals surface area contributed by atoms with Crippen molar-refractivity contribution in [2.75, 3.05) is 36.6 Å². The Labute approximate surface area is 161 Å². The Kier molecular flexibility index (Phi) is 6.03. The Morgan fingerprint density at radius 1 is 1.37 bits per heavy atom. The van der Waals surface area contributed by atoms with Crippen LogP contribution >= 0.6 is 11.6 Å². The van der Waals surface area contributed by atoms with Gasteiger partial charge in [-0.1, -0.05) is 30.0 Å². The van der Waals surface area contributed by atoms with Crippen LogP contribution in [-0.4, -0.2) is 49.6 Å². The Morgan fingerprint density at radius 3 is 2.81 bits per heavy atom. The van der Waals surface area contributed by atoms with E-state index in [0.29, 0.717) is 31.8 Å². The van der Waals surface area contributed by atoms with E-state index in [4.69, 9.17) is 16.3 Å². The predicted octanol–water partition coefficient (Wildman–Crippen LogP) is 1.55. The van der Waals surface area contributed by atoms with E-state index in [9.17, 15) is 14.3 Å². The summed E-state index contributed by atoms with van der Waals surface area (Å²) in [6.07, 6.45) is 0. The second-order valence-corrected chi connectivity index (χ2v) is 6.28. The number of nitrogens with zero attached hydrogens (tertiary/aromatic N) is 2. The number of phenolic OH excluding ortho intramolecular Hbond substituents is 1. The van der Waals surface area contributed by atoms with Gasteiger partial charge in [-0.15, -0.1) is 0 Å². The number of ether oxygens (including phenoxy) is 1. The topological polar surface area (TPSA) is 86.7 Å². The Balaban J connectivity index is 1.73. The highest BCUT2D eigenvalue weighted by Crippen LogP contribution is 2.26. The summed E-state index contributed by atoms with van der Waals surface area (Å²) in [5, 5.41) is 10.1. The molecule has 1 amide bonds.